The zero-order valence-electron chi connectivity index (χ0n) is 12.4. The van der Waals surface area contributed by atoms with Gasteiger partial charge in [-0.15, -0.1) is 0 Å². The number of sulfonamides is 1. The third-order valence-electron chi connectivity index (χ3n) is 3.62. The minimum atomic E-state index is -3.54. The first-order valence-electron chi connectivity index (χ1n) is 6.93. The summed E-state index contributed by atoms with van der Waals surface area (Å²) in [5.74, 6) is 0.801. The van der Waals surface area contributed by atoms with Gasteiger partial charge in [-0.05, 0) is 13.8 Å². The average molecular weight is 314 g/mol. The second kappa shape index (κ2) is 6.12. The molecule has 1 fully saturated rings. The largest absolute Gasteiger partial charge is 0.387 e. The van der Waals surface area contributed by atoms with Crippen LogP contribution in [0.15, 0.2) is 11.2 Å². The van der Waals surface area contributed by atoms with Gasteiger partial charge in [-0.2, -0.15) is 4.31 Å². The number of aryl methyl sites for hydroxylation is 2. The van der Waals surface area contributed by atoms with Crippen LogP contribution in [-0.4, -0.2) is 65.7 Å². The number of amidine groups is 1. The first kappa shape index (κ1) is 15.9. The molecular weight excluding hydrogens is 292 g/mol. The van der Waals surface area contributed by atoms with E-state index >= 15 is 0 Å². The molecule has 0 saturated carbocycles. The van der Waals surface area contributed by atoms with E-state index in [0.717, 1.165) is 0 Å². The molecule has 2 heterocycles. The maximum atomic E-state index is 12.6. The Balaban J connectivity index is 2.09. The zero-order valence-corrected chi connectivity index (χ0v) is 13.2. The topological polar surface area (TPSA) is 108 Å². The van der Waals surface area contributed by atoms with E-state index in [1.165, 1.54) is 4.31 Å². The lowest BCUT2D eigenvalue weighted by molar-refractivity contribution is 0.208. The molecule has 1 aromatic heterocycles. The van der Waals surface area contributed by atoms with E-state index in [0.29, 0.717) is 45.1 Å². The smallest absolute Gasteiger partial charge is 0.262 e. The number of nitrogens with one attached hydrogen (secondary N) is 1. The molecule has 3 N–H and O–H groups in total. The third kappa shape index (κ3) is 3.42. The lowest BCUT2D eigenvalue weighted by Crippen LogP contribution is -2.50. The van der Waals surface area contributed by atoms with E-state index < -0.39 is 10.0 Å². The first-order chi connectivity index (χ1) is 9.84. The van der Waals surface area contributed by atoms with Crippen LogP contribution in [0.5, 0.6) is 0 Å². The monoisotopic (exact) mass is 314 g/mol. The van der Waals surface area contributed by atoms with E-state index in [9.17, 15) is 8.42 Å². The molecule has 1 aliphatic rings. The molecule has 0 spiro atoms. The summed E-state index contributed by atoms with van der Waals surface area (Å²) in [6.07, 6.45) is 1.59. The number of aromatic nitrogens is 2. The van der Waals surface area contributed by atoms with Crippen LogP contribution in [0.4, 0.5) is 0 Å². The third-order valence-corrected chi connectivity index (χ3v) is 5.39. The normalized spacial score (nSPS) is 18.0. The fourth-order valence-corrected chi connectivity index (χ4v) is 3.84. The van der Waals surface area contributed by atoms with Crippen molar-refractivity contribution in [3.05, 3.63) is 12.0 Å². The molecule has 0 aromatic carbocycles. The molecule has 0 radical (unpaired) electrons. The molecule has 8 nitrogen and oxygen atoms in total. The van der Waals surface area contributed by atoms with Gasteiger partial charge in [0.2, 0.25) is 0 Å². The Morgan fingerprint density at radius 3 is 2.48 bits per heavy atom. The van der Waals surface area contributed by atoms with Gasteiger partial charge in [0.15, 0.2) is 5.03 Å². The van der Waals surface area contributed by atoms with Gasteiger partial charge in [-0.3, -0.25) is 10.3 Å². The molecule has 21 heavy (non-hydrogen) atoms. The molecule has 1 aromatic rings. The van der Waals surface area contributed by atoms with Gasteiger partial charge in [0, 0.05) is 38.9 Å². The number of nitrogens with zero attached hydrogens (tertiary/aromatic N) is 4. The highest BCUT2D eigenvalue weighted by molar-refractivity contribution is 7.89. The number of hydrogen-bond donors (Lipinski definition) is 2. The van der Waals surface area contributed by atoms with Crippen molar-refractivity contribution in [2.24, 2.45) is 5.73 Å². The second-order valence-electron chi connectivity index (χ2n) is 5.12. The van der Waals surface area contributed by atoms with Crippen LogP contribution >= 0.6 is 0 Å². The number of imidazole rings is 1. The summed E-state index contributed by atoms with van der Waals surface area (Å²) >= 11 is 0. The first-order valence-corrected chi connectivity index (χ1v) is 8.37. The molecule has 1 aliphatic heterocycles. The Kier molecular flexibility index (Phi) is 4.64. The predicted molar refractivity (Wildman–Crippen MR) is 79.8 cm³/mol. The minimum Gasteiger partial charge on any atom is -0.387 e. The SMILES string of the molecule is CCn1cc(S(=O)(=O)N2CCN(CC(=N)N)CC2)nc1C. The molecule has 118 valence electrons. The van der Waals surface area contributed by atoms with Crippen molar-refractivity contribution in [3.8, 4) is 0 Å². The number of piperazine rings is 1. The average Bonchev–Trinajstić information content (AvgIpc) is 2.80. The fourth-order valence-electron chi connectivity index (χ4n) is 2.42. The second-order valence-corrected chi connectivity index (χ2v) is 7.00. The van der Waals surface area contributed by atoms with Crippen LogP contribution in [0, 0.1) is 12.3 Å². The quantitative estimate of drug-likeness (QED) is 0.560. The number of nitrogens with two attached hydrogens (primary N) is 1. The van der Waals surface area contributed by atoms with Crippen molar-refractivity contribution in [1.29, 1.82) is 5.41 Å². The summed E-state index contributed by atoms with van der Waals surface area (Å²) in [5.41, 5.74) is 5.37. The van der Waals surface area contributed by atoms with Gasteiger partial charge in [-0.25, -0.2) is 13.4 Å². The molecular formula is C12H22N6O2S. The van der Waals surface area contributed by atoms with E-state index in [1.807, 2.05) is 16.4 Å². The molecule has 1 saturated heterocycles. The van der Waals surface area contributed by atoms with Crippen molar-refractivity contribution in [2.45, 2.75) is 25.4 Å². The Morgan fingerprint density at radius 2 is 2.00 bits per heavy atom. The molecule has 9 heteroatoms. The van der Waals surface area contributed by atoms with Gasteiger partial charge in [0.05, 0.1) is 6.54 Å². The summed E-state index contributed by atoms with van der Waals surface area (Å²) in [6.45, 7) is 6.77. The minimum absolute atomic E-state index is 0.101. The molecule has 0 atom stereocenters. The van der Waals surface area contributed by atoms with Crippen LogP contribution < -0.4 is 5.73 Å². The molecule has 2 rings (SSSR count). The van der Waals surface area contributed by atoms with Gasteiger partial charge in [0.1, 0.15) is 11.7 Å². The number of rotatable bonds is 5. The van der Waals surface area contributed by atoms with Gasteiger partial charge in [-0.1, -0.05) is 0 Å². The van der Waals surface area contributed by atoms with Crippen LogP contribution in [0.1, 0.15) is 12.7 Å². The van der Waals surface area contributed by atoms with Gasteiger partial charge >= 0.3 is 0 Å². The van der Waals surface area contributed by atoms with E-state index in [1.54, 1.807) is 13.1 Å². The van der Waals surface area contributed by atoms with Crippen LogP contribution in [0.3, 0.4) is 0 Å². The Labute approximate surface area is 125 Å². The van der Waals surface area contributed by atoms with E-state index in [2.05, 4.69) is 4.98 Å². The summed E-state index contributed by atoms with van der Waals surface area (Å²) in [7, 11) is -3.54. The maximum absolute atomic E-state index is 12.6. The fraction of sp³-hybridized carbons (Fsp3) is 0.667. The highest BCUT2D eigenvalue weighted by atomic mass is 32.2. The van der Waals surface area contributed by atoms with E-state index in [4.69, 9.17) is 11.1 Å². The molecule has 0 amide bonds. The molecule has 0 unspecified atom stereocenters. The molecule has 0 bridgehead atoms. The molecule has 0 aliphatic carbocycles. The summed E-state index contributed by atoms with van der Waals surface area (Å²) in [6, 6.07) is 0. The lowest BCUT2D eigenvalue weighted by Gasteiger charge is -2.33. The summed E-state index contributed by atoms with van der Waals surface area (Å²) < 4.78 is 28.4. The van der Waals surface area contributed by atoms with Gasteiger partial charge in [0.25, 0.3) is 10.0 Å². The van der Waals surface area contributed by atoms with Crippen LogP contribution in [0.2, 0.25) is 0 Å². The van der Waals surface area contributed by atoms with E-state index in [-0.39, 0.29) is 10.9 Å². The van der Waals surface area contributed by atoms with Crippen molar-refractivity contribution in [3.63, 3.8) is 0 Å². The number of hydrogen-bond acceptors (Lipinski definition) is 5. The predicted octanol–water partition coefficient (Wildman–Crippen LogP) is -0.546. The van der Waals surface area contributed by atoms with Crippen LogP contribution in [-0.2, 0) is 16.6 Å². The van der Waals surface area contributed by atoms with Crippen molar-refractivity contribution >= 4 is 15.9 Å². The Hall–Kier alpha value is -1.45. The van der Waals surface area contributed by atoms with Crippen molar-refractivity contribution in [1.82, 2.24) is 18.8 Å². The maximum Gasteiger partial charge on any atom is 0.262 e. The highest BCUT2D eigenvalue weighted by Crippen LogP contribution is 2.17. The van der Waals surface area contributed by atoms with Crippen molar-refractivity contribution in [2.75, 3.05) is 32.7 Å². The standard InChI is InChI=1S/C12H22N6O2S/c1-3-17-9-12(15-10(17)2)21(19,20)18-6-4-16(5-7-18)8-11(13)14/h9H,3-8H2,1-2H3,(H3,13,14). The van der Waals surface area contributed by atoms with Crippen molar-refractivity contribution < 1.29 is 8.42 Å². The Bertz CT molecular complexity index is 616. The summed E-state index contributed by atoms with van der Waals surface area (Å²) in [5, 5.41) is 7.39. The zero-order chi connectivity index (χ0) is 15.6. The van der Waals surface area contributed by atoms with Crippen LogP contribution in [0.25, 0.3) is 0 Å². The Morgan fingerprint density at radius 1 is 1.38 bits per heavy atom. The highest BCUT2D eigenvalue weighted by Gasteiger charge is 2.30. The van der Waals surface area contributed by atoms with Gasteiger partial charge < -0.3 is 10.3 Å². The lowest BCUT2D eigenvalue weighted by atomic mass is 10.3. The summed E-state index contributed by atoms with van der Waals surface area (Å²) in [4.78, 5) is 6.14.